The van der Waals surface area contributed by atoms with Crippen molar-refractivity contribution in [1.29, 1.82) is 0 Å². The molecule has 1 heterocycles. The van der Waals surface area contributed by atoms with Crippen molar-refractivity contribution in [2.45, 2.75) is 19.4 Å². The molecule has 17 heavy (non-hydrogen) atoms. The molecule has 1 atom stereocenters. The lowest BCUT2D eigenvalue weighted by Crippen LogP contribution is -2.37. The van der Waals surface area contributed by atoms with Gasteiger partial charge in [-0.15, -0.1) is 0 Å². The van der Waals surface area contributed by atoms with Gasteiger partial charge in [0.25, 0.3) is 5.91 Å². The molecule has 94 valence electrons. The quantitative estimate of drug-likeness (QED) is 0.848. The zero-order valence-electron chi connectivity index (χ0n) is 9.67. The largest absolute Gasteiger partial charge is 0.383 e. The van der Waals surface area contributed by atoms with Gasteiger partial charge in [-0.25, -0.2) is 4.98 Å². The molecule has 1 unspecified atom stereocenters. The first-order chi connectivity index (χ1) is 8.08. The van der Waals surface area contributed by atoms with Crippen LogP contribution in [0.15, 0.2) is 16.7 Å². The van der Waals surface area contributed by atoms with Gasteiger partial charge in [0.05, 0.1) is 18.2 Å². The van der Waals surface area contributed by atoms with E-state index in [1.54, 1.807) is 19.4 Å². The van der Waals surface area contributed by atoms with Crippen LogP contribution >= 0.6 is 27.5 Å². The lowest BCUT2D eigenvalue weighted by molar-refractivity contribution is 0.0894. The van der Waals surface area contributed by atoms with Crippen molar-refractivity contribution in [1.82, 2.24) is 10.3 Å². The van der Waals surface area contributed by atoms with Gasteiger partial charge in [-0.05, 0) is 28.4 Å². The number of carbonyl (C=O) groups is 1. The highest BCUT2D eigenvalue weighted by Gasteiger charge is 2.15. The molecule has 0 aliphatic rings. The predicted molar refractivity (Wildman–Crippen MR) is 70.4 cm³/mol. The number of carbonyl (C=O) groups excluding carboxylic acids is 1. The third kappa shape index (κ3) is 4.26. The van der Waals surface area contributed by atoms with Crippen molar-refractivity contribution in [2.24, 2.45) is 0 Å². The van der Waals surface area contributed by atoms with Gasteiger partial charge in [-0.3, -0.25) is 4.79 Å². The number of pyridine rings is 1. The minimum Gasteiger partial charge on any atom is -0.383 e. The first kappa shape index (κ1) is 14.4. The standard InChI is InChI=1S/C11H14BrClN2O2/c1-3-8(6-17-2)15-11(16)9-4-7(12)5-14-10(9)13/h4-5,8H,3,6H2,1-2H3,(H,15,16). The van der Waals surface area contributed by atoms with Crippen LogP contribution in [0.4, 0.5) is 0 Å². The molecule has 0 aliphatic carbocycles. The number of hydrogen-bond acceptors (Lipinski definition) is 3. The number of ether oxygens (including phenoxy) is 1. The second-order valence-electron chi connectivity index (χ2n) is 3.53. The van der Waals surface area contributed by atoms with Crippen LogP contribution in [0, 0.1) is 0 Å². The van der Waals surface area contributed by atoms with Crippen molar-refractivity contribution in [2.75, 3.05) is 13.7 Å². The number of aromatic nitrogens is 1. The number of nitrogens with one attached hydrogen (secondary N) is 1. The molecule has 1 rings (SSSR count). The van der Waals surface area contributed by atoms with Gasteiger partial charge >= 0.3 is 0 Å². The summed E-state index contributed by atoms with van der Waals surface area (Å²) in [6.07, 6.45) is 2.34. The lowest BCUT2D eigenvalue weighted by atomic mass is 10.2. The van der Waals surface area contributed by atoms with E-state index in [1.165, 1.54) is 0 Å². The fourth-order valence-electron chi connectivity index (χ4n) is 1.31. The Morgan fingerprint density at radius 3 is 3.00 bits per heavy atom. The van der Waals surface area contributed by atoms with E-state index in [-0.39, 0.29) is 17.1 Å². The van der Waals surface area contributed by atoms with Gasteiger partial charge in [-0.2, -0.15) is 0 Å². The number of halogens is 2. The Morgan fingerprint density at radius 1 is 1.71 bits per heavy atom. The zero-order valence-corrected chi connectivity index (χ0v) is 12.0. The summed E-state index contributed by atoms with van der Waals surface area (Å²) in [5.41, 5.74) is 0.357. The molecule has 0 saturated carbocycles. The van der Waals surface area contributed by atoms with Crippen molar-refractivity contribution < 1.29 is 9.53 Å². The summed E-state index contributed by atoms with van der Waals surface area (Å²) in [6, 6.07) is 1.62. The van der Waals surface area contributed by atoms with Gasteiger partial charge in [0.2, 0.25) is 0 Å². The molecule has 0 bridgehead atoms. The van der Waals surface area contributed by atoms with E-state index in [0.29, 0.717) is 16.6 Å². The van der Waals surface area contributed by atoms with Gasteiger partial charge in [0.1, 0.15) is 5.15 Å². The topological polar surface area (TPSA) is 51.2 Å². The van der Waals surface area contributed by atoms with Crippen molar-refractivity contribution >= 4 is 33.4 Å². The molecule has 0 spiro atoms. The summed E-state index contributed by atoms with van der Waals surface area (Å²) >= 11 is 9.12. The van der Waals surface area contributed by atoms with Crippen LogP contribution in [0.2, 0.25) is 5.15 Å². The molecule has 4 nitrogen and oxygen atoms in total. The molecule has 0 saturated heterocycles. The fourth-order valence-corrected chi connectivity index (χ4v) is 1.83. The van der Waals surface area contributed by atoms with E-state index in [2.05, 4.69) is 26.2 Å². The first-order valence-electron chi connectivity index (χ1n) is 5.19. The van der Waals surface area contributed by atoms with Gasteiger partial charge in [-0.1, -0.05) is 18.5 Å². The summed E-state index contributed by atoms with van der Waals surface area (Å²) < 4.78 is 5.73. The predicted octanol–water partition coefficient (Wildman–Crippen LogP) is 2.65. The van der Waals surface area contributed by atoms with Gasteiger partial charge < -0.3 is 10.1 Å². The summed E-state index contributed by atoms with van der Waals surface area (Å²) in [4.78, 5) is 15.9. The average molecular weight is 322 g/mol. The number of rotatable bonds is 5. The van der Waals surface area contributed by atoms with E-state index in [0.717, 1.165) is 6.42 Å². The third-order valence-electron chi connectivity index (χ3n) is 2.25. The van der Waals surface area contributed by atoms with Crippen LogP contribution in [-0.4, -0.2) is 30.6 Å². The molecule has 1 N–H and O–H groups in total. The minimum absolute atomic E-state index is 0.0254. The smallest absolute Gasteiger partial charge is 0.254 e. The van der Waals surface area contributed by atoms with E-state index >= 15 is 0 Å². The summed E-state index contributed by atoms with van der Waals surface area (Å²) in [7, 11) is 1.60. The van der Waals surface area contributed by atoms with E-state index < -0.39 is 0 Å². The number of hydrogen-bond donors (Lipinski definition) is 1. The zero-order chi connectivity index (χ0) is 12.8. The highest BCUT2D eigenvalue weighted by atomic mass is 79.9. The van der Waals surface area contributed by atoms with Crippen LogP contribution in [0.25, 0.3) is 0 Å². The summed E-state index contributed by atoms with van der Waals surface area (Å²) in [6.45, 7) is 2.45. The van der Waals surface area contributed by atoms with Crippen molar-refractivity contribution in [3.05, 3.63) is 27.5 Å². The van der Waals surface area contributed by atoms with Gasteiger partial charge in [0, 0.05) is 17.8 Å². The molecule has 1 aromatic rings. The van der Waals surface area contributed by atoms with Gasteiger partial charge in [0.15, 0.2) is 0 Å². The molecule has 0 radical (unpaired) electrons. The highest BCUT2D eigenvalue weighted by Crippen LogP contribution is 2.18. The second kappa shape index (κ2) is 6.93. The average Bonchev–Trinajstić information content (AvgIpc) is 2.31. The Bertz CT molecular complexity index is 401. The second-order valence-corrected chi connectivity index (χ2v) is 4.80. The Hall–Kier alpha value is -0.650. The maximum atomic E-state index is 11.9. The van der Waals surface area contributed by atoms with Crippen LogP contribution < -0.4 is 5.32 Å². The van der Waals surface area contributed by atoms with Crippen LogP contribution in [0.1, 0.15) is 23.7 Å². The highest BCUT2D eigenvalue weighted by molar-refractivity contribution is 9.10. The maximum absolute atomic E-state index is 11.9. The summed E-state index contributed by atoms with van der Waals surface area (Å²) in [5.74, 6) is -0.243. The molecule has 0 aromatic carbocycles. The van der Waals surface area contributed by atoms with Crippen molar-refractivity contribution in [3.8, 4) is 0 Å². The molecule has 0 fully saturated rings. The third-order valence-corrected chi connectivity index (χ3v) is 2.98. The molecule has 1 aromatic heterocycles. The lowest BCUT2D eigenvalue weighted by Gasteiger charge is -2.16. The first-order valence-corrected chi connectivity index (χ1v) is 6.36. The Morgan fingerprint density at radius 2 is 2.41 bits per heavy atom. The molecular weight excluding hydrogens is 307 g/mol. The molecular formula is C11H14BrClN2O2. The normalized spacial score (nSPS) is 12.2. The van der Waals surface area contributed by atoms with Crippen LogP contribution in [0.5, 0.6) is 0 Å². The van der Waals surface area contributed by atoms with Crippen LogP contribution in [-0.2, 0) is 4.74 Å². The Kier molecular flexibility index (Phi) is 5.88. The minimum atomic E-state index is -0.243. The fraction of sp³-hybridized carbons (Fsp3) is 0.455. The van der Waals surface area contributed by atoms with E-state index in [9.17, 15) is 4.79 Å². The monoisotopic (exact) mass is 320 g/mol. The molecule has 6 heteroatoms. The maximum Gasteiger partial charge on any atom is 0.254 e. The number of amides is 1. The molecule has 0 aliphatic heterocycles. The van der Waals surface area contributed by atoms with Crippen molar-refractivity contribution in [3.63, 3.8) is 0 Å². The Labute approximate surface area is 114 Å². The SMILES string of the molecule is CCC(COC)NC(=O)c1cc(Br)cnc1Cl. The summed E-state index contributed by atoms with van der Waals surface area (Å²) in [5, 5.41) is 3.04. The number of nitrogens with zero attached hydrogens (tertiary/aromatic N) is 1. The van der Waals surface area contributed by atoms with E-state index in [1.807, 2.05) is 6.92 Å². The number of methoxy groups -OCH3 is 1. The van der Waals surface area contributed by atoms with Crippen LogP contribution in [0.3, 0.4) is 0 Å². The Balaban J connectivity index is 2.78. The molecule has 1 amide bonds. The van der Waals surface area contributed by atoms with E-state index in [4.69, 9.17) is 16.3 Å².